The van der Waals surface area contributed by atoms with Crippen molar-refractivity contribution in [3.05, 3.63) is 17.5 Å². The molecule has 10 heavy (non-hydrogen) atoms. The standard InChI is InChI=1S/C6H3N4/c1-10-6(3-8)5(2-7)4-9-10/h1H3. The van der Waals surface area contributed by atoms with E-state index in [1.165, 1.54) is 4.68 Å². The fourth-order valence-electron chi connectivity index (χ4n) is 0.596. The molecule has 0 fully saturated rings. The third-order valence-corrected chi connectivity index (χ3v) is 1.09. The molecule has 0 aliphatic rings. The summed E-state index contributed by atoms with van der Waals surface area (Å²) in [4.78, 5) is 0. The van der Waals surface area contributed by atoms with Crippen molar-refractivity contribution >= 4 is 0 Å². The van der Waals surface area contributed by atoms with E-state index in [1.54, 1.807) is 13.1 Å². The molecule has 4 heteroatoms. The smallest absolute Gasteiger partial charge is 0.156 e. The van der Waals surface area contributed by atoms with Gasteiger partial charge in [-0.15, -0.1) is 0 Å². The van der Waals surface area contributed by atoms with Crippen LogP contribution in [-0.4, -0.2) is 9.78 Å². The highest BCUT2D eigenvalue weighted by Crippen LogP contribution is 2.01. The average Bonchev–Trinajstić information content (AvgIpc) is 2.30. The molecular formula is C6H3N4. The first-order chi connectivity index (χ1) is 4.79. The predicted octanol–water partition coefficient (Wildman–Crippen LogP) is -0.0364. The molecule has 0 bridgehead atoms. The van der Waals surface area contributed by atoms with Crippen LogP contribution >= 0.6 is 0 Å². The average molecular weight is 131 g/mol. The number of aromatic nitrogens is 2. The van der Waals surface area contributed by atoms with E-state index in [0.717, 1.165) is 0 Å². The van der Waals surface area contributed by atoms with Crippen LogP contribution in [0.1, 0.15) is 11.3 Å². The molecule has 0 saturated heterocycles. The molecule has 1 rings (SSSR count). The summed E-state index contributed by atoms with van der Waals surface area (Å²) in [6, 6.07) is 3.65. The first-order valence-corrected chi connectivity index (χ1v) is 2.54. The molecule has 0 aliphatic carbocycles. The zero-order valence-electron chi connectivity index (χ0n) is 5.29. The quantitative estimate of drug-likeness (QED) is 0.496. The minimum Gasteiger partial charge on any atom is -0.256 e. The molecule has 1 aromatic heterocycles. The SMILES string of the molecule is Cn1n[c]c(C#N)c1C#N. The minimum absolute atomic E-state index is 0.199. The van der Waals surface area contributed by atoms with Gasteiger partial charge in [0.05, 0.1) is 0 Å². The summed E-state index contributed by atoms with van der Waals surface area (Å²) >= 11 is 0. The fourth-order valence-corrected chi connectivity index (χ4v) is 0.596. The Labute approximate surface area is 57.9 Å². The van der Waals surface area contributed by atoms with Crippen LogP contribution in [0.2, 0.25) is 0 Å². The van der Waals surface area contributed by atoms with Gasteiger partial charge in [-0.2, -0.15) is 15.6 Å². The van der Waals surface area contributed by atoms with Gasteiger partial charge in [-0.3, -0.25) is 4.68 Å². The van der Waals surface area contributed by atoms with E-state index in [-0.39, 0.29) is 11.3 Å². The van der Waals surface area contributed by atoms with Crippen molar-refractivity contribution in [1.82, 2.24) is 9.78 Å². The van der Waals surface area contributed by atoms with Crippen LogP contribution in [0.15, 0.2) is 0 Å². The van der Waals surface area contributed by atoms with E-state index in [2.05, 4.69) is 11.3 Å². The summed E-state index contributed by atoms with van der Waals surface area (Å²) in [5, 5.41) is 20.4. The first-order valence-electron chi connectivity index (χ1n) is 2.54. The Balaban J connectivity index is 3.34. The van der Waals surface area contributed by atoms with E-state index in [4.69, 9.17) is 10.5 Å². The Morgan fingerprint density at radius 2 is 2.20 bits per heavy atom. The van der Waals surface area contributed by atoms with Gasteiger partial charge in [0.25, 0.3) is 0 Å². The lowest BCUT2D eigenvalue weighted by molar-refractivity contribution is 0.753. The number of rotatable bonds is 0. The monoisotopic (exact) mass is 131 g/mol. The van der Waals surface area contributed by atoms with Crippen LogP contribution < -0.4 is 0 Å². The Morgan fingerprint density at radius 1 is 1.50 bits per heavy atom. The zero-order chi connectivity index (χ0) is 7.56. The highest BCUT2D eigenvalue weighted by atomic mass is 15.3. The van der Waals surface area contributed by atoms with Crippen molar-refractivity contribution in [3.63, 3.8) is 0 Å². The number of hydrogen-bond acceptors (Lipinski definition) is 3. The lowest BCUT2D eigenvalue weighted by Gasteiger charge is -1.86. The summed E-state index contributed by atoms with van der Waals surface area (Å²) in [7, 11) is 1.59. The molecule has 4 nitrogen and oxygen atoms in total. The predicted molar refractivity (Wildman–Crippen MR) is 31.5 cm³/mol. The fraction of sp³-hybridized carbons (Fsp3) is 0.167. The van der Waals surface area contributed by atoms with Crippen LogP contribution in [0.3, 0.4) is 0 Å². The van der Waals surface area contributed by atoms with Crippen LogP contribution in [0.4, 0.5) is 0 Å². The normalized spacial score (nSPS) is 8.30. The van der Waals surface area contributed by atoms with Gasteiger partial charge in [-0.25, -0.2) is 0 Å². The van der Waals surface area contributed by atoms with Gasteiger partial charge in [0, 0.05) is 7.05 Å². The number of nitrogens with zero attached hydrogens (tertiary/aromatic N) is 4. The highest BCUT2D eigenvalue weighted by molar-refractivity contribution is 5.38. The second-order valence-corrected chi connectivity index (χ2v) is 1.68. The largest absolute Gasteiger partial charge is 0.256 e. The Hall–Kier alpha value is -1.81. The molecule has 0 aliphatic heterocycles. The number of aryl methyl sites for hydroxylation is 1. The Bertz CT molecular complexity index is 322. The van der Waals surface area contributed by atoms with Crippen molar-refractivity contribution in [2.75, 3.05) is 0 Å². The molecule has 1 radical (unpaired) electrons. The van der Waals surface area contributed by atoms with Gasteiger partial charge in [0.2, 0.25) is 0 Å². The first kappa shape index (κ1) is 6.31. The van der Waals surface area contributed by atoms with Crippen molar-refractivity contribution < 1.29 is 0 Å². The van der Waals surface area contributed by atoms with Crippen molar-refractivity contribution in [2.45, 2.75) is 0 Å². The Morgan fingerprint density at radius 3 is 2.60 bits per heavy atom. The second kappa shape index (κ2) is 2.20. The Kier molecular flexibility index (Phi) is 1.39. The summed E-state index contributed by atoms with van der Waals surface area (Å²) in [5.74, 6) is 0. The second-order valence-electron chi connectivity index (χ2n) is 1.68. The van der Waals surface area contributed by atoms with Crippen molar-refractivity contribution in [1.29, 1.82) is 10.5 Å². The maximum absolute atomic E-state index is 8.44. The summed E-state index contributed by atoms with van der Waals surface area (Å²) in [5.41, 5.74) is 0.451. The van der Waals surface area contributed by atoms with Crippen LogP contribution in [0.5, 0.6) is 0 Å². The summed E-state index contributed by atoms with van der Waals surface area (Å²) in [6.45, 7) is 0. The molecule has 0 N–H and O–H groups in total. The third-order valence-electron chi connectivity index (χ3n) is 1.09. The summed E-state index contributed by atoms with van der Waals surface area (Å²) in [6.07, 6.45) is 2.40. The minimum atomic E-state index is 0.199. The molecule has 0 saturated carbocycles. The zero-order valence-corrected chi connectivity index (χ0v) is 5.29. The van der Waals surface area contributed by atoms with Gasteiger partial charge in [0.1, 0.15) is 23.9 Å². The van der Waals surface area contributed by atoms with Crippen LogP contribution in [0, 0.1) is 28.9 Å². The van der Waals surface area contributed by atoms with Gasteiger partial charge in [0.15, 0.2) is 5.69 Å². The maximum Gasteiger partial charge on any atom is 0.156 e. The van der Waals surface area contributed by atoms with E-state index >= 15 is 0 Å². The van der Waals surface area contributed by atoms with E-state index < -0.39 is 0 Å². The van der Waals surface area contributed by atoms with E-state index in [9.17, 15) is 0 Å². The molecule has 0 aromatic carbocycles. The lowest BCUT2D eigenvalue weighted by Crippen LogP contribution is -1.93. The molecule has 1 heterocycles. The van der Waals surface area contributed by atoms with Crippen molar-refractivity contribution in [2.24, 2.45) is 7.05 Å². The maximum atomic E-state index is 8.44. The molecular weight excluding hydrogens is 128 g/mol. The molecule has 1 aromatic rings. The number of hydrogen-bond donors (Lipinski definition) is 0. The highest BCUT2D eigenvalue weighted by Gasteiger charge is 2.05. The van der Waals surface area contributed by atoms with Gasteiger partial charge >= 0.3 is 0 Å². The molecule has 47 valence electrons. The third kappa shape index (κ3) is 0.723. The lowest BCUT2D eigenvalue weighted by atomic mass is 10.3. The van der Waals surface area contributed by atoms with Crippen LogP contribution in [0.25, 0.3) is 0 Å². The van der Waals surface area contributed by atoms with E-state index in [1.807, 2.05) is 6.07 Å². The van der Waals surface area contributed by atoms with E-state index in [0.29, 0.717) is 0 Å². The molecule has 0 spiro atoms. The van der Waals surface area contributed by atoms with Gasteiger partial charge < -0.3 is 0 Å². The summed E-state index contributed by atoms with van der Waals surface area (Å²) < 4.78 is 1.32. The van der Waals surface area contributed by atoms with Gasteiger partial charge in [-0.1, -0.05) is 0 Å². The molecule has 0 unspecified atom stereocenters. The molecule has 0 atom stereocenters. The molecule has 0 amide bonds. The van der Waals surface area contributed by atoms with Gasteiger partial charge in [-0.05, 0) is 0 Å². The number of nitriles is 2. The van der Waals surface area contributed by atoms with Crippen LogP contribution in [-0.2, 0) is 7.05 Å². The topological polar surface area (TPSA) is 65.4 Å². The van der Waals surface area contributed by atoms with Crippen molar-refractivity contribution in [3.8, 4) is 12.1 Å².